The minimum Gasteiger partial charge on any atom is -0.371 e. The van der Waals surface area contributed by atoms with Crippen LogP contribution < -0.4 is 10.2 Å². The van der Waals surface area contributed by atoms with Crippen LogP contribution in [0.4, 0.5) is 10.5 Å². The fourth-order valence-electron chi connectivity index (χ4n) is 4.79. The summed E-state index contributed by atoms with van der Waals surface area (Å²) in [6, 6.07) is 8.24. The van der Waals surface area contributed by atoms with Crippen molar-refractivity contribution in [2.75, 3.05) is 31.7 Å². The molecule has 3 aliphatic rings. The van der Waals surface area contributed by atoms with E-state index in [4.69, 9.17) is 0 Å². The monoisotopic (exact) mass is 370 g/mol. The number of para-hydroxylation sites is 1. The number of hydrogen-bond donors (Lipinski definition) is 1. The van der Waals surface area contributed by atoms with Crippen molar-refractivity contribution in [1.82, 2.24) is 15.1 Å². The molecule has 1 saturated carbocycles. The summed E-state index contributed by atoms with van der Waals surface area (Å²) < 4.78 is 0. The first-order chi connectivity index (χ1) is 13.1. The van der Waals surface area contributed by atoms with Crippen molar-refractivity contribution in [3.05, 3.63) is 29.8 Å². The second-order valence-corrected chi connectivity index (χ2v) is 8.28. The lowest BCUT2D eigenvalue weighted by atomic mass is 9.82. The number of benzene rings is 1. The second kappa shape index (κ2) is 7.50. The van der Waals surface area contributed by atoms with Crippen LogP contribution in [0, 0.1) is 0 Å². The summed E-state index contributed by atoms with van der Waals surface area (Å²) in [5.74, 6) is -0.0353. The number of carbonyl (C=O) groups excluding carboxylic acids is 2. The predicted molar refractivity (Wildman–Crippen MR) is 105 cm³/mol. The zero-order valence-corrected chi connectivity index (χ0v) is 16.2. The van der Waals surface area contributed by atoms with Crippen LogP contribution in [0.3, 0.4) is 0 Å². The molecule has 1 aromatic rings. The Hall–Kier alpha value is -2.08. The third-order valence-electron chi connectivity index (χ3n) is 6.21. The van der Waals surface area contributed by atoms with E-state index in [0.29, 0.717) is 6.67 Å². The van der Waals surface area contributed by atoms with Crippen molar-refractivity contribution in [3.63, 3.8) is 0 Å². The minimum absolute atomic E-state index is 0.0353. The molecule has 4 rings (SSSR count). The van der Waals surface area contributed by atoms with Gasteiger partial charge in [0.05, 0.1) is 6.67 Å². The van der Waals surface area contributed by atoms with Gasteiger partial charge in [0.15, 0.2) is 0 Å². The van der Waals surface area contributed by atoms with Gasteiger partial charge in [-0.15, -0.1) is 0 Å². The number of nitrogens with one attached hydrogen (secondary N) is 1. The quantitative estimate of drug-likeness (QED) is 0.810. The van der Waals surface area contributed by atoms with Crippen LogP contribution in [-0.2, 0) is 11.3 Å². The molecule has 146 valence electrons. The molecule has 1 spiro atoms. The Morgan fingerprint density at radius 3 is 2.48 bits per heavy atom. The molecule has 0 aromatic heterocycles. The van der Waals surface area contributed by atoms with Gasteiger partial charge in [-0.05, 0) is 44.4 Å². The number of carbonyl (C=O) groups is 2. The Bertz CT molecular complexity index is 708. The lowest BCUT2D eigenvalue weighted by Crippen LogP contribution is -2.48. The molecule has 3 amide bonds. The summed E-state index contributed by atoms with van der Waals surface area (Å²) in [5.41, 5.74) is 1.90. The highest BCUT2D eigenvalue weighted by molar-refractivity contribution is 6.07. The molecule has 6 nitrogen and oxygen atoms in total. The lowest BCUT2D eigenvalue weighted by Gasteiger charge is -2.31. The summed E-state index contributed by atoms with van der Waals surface area (Å²) in [7, 11) is 1.98. The van der Waals surface area contributed by atoms with E-state index in [-0.39, 0.29) is 11.9 Å². The van der Waals surface area contributed by atoms with Crippen LogP contribution in [0.15, 0.2) is 24.3 Å². The maximum absolute atomic E-state index is 13.0. The van der Waals surface area contributed by atoms with Crippen molar-refractivity contribution < 1.29 is 9.59 Å². The van der Waals surface area contributed by atoms with E-state index in [9.17, 15) is 9.59 Å². The Morgan fingerprint density at radius 2 is 1.74 bits per heavy atom. The molecular weight excluding hydrogens is 340 g/mol. The summed E-state index contributed by atoms with van der Waals surface area (Å²) >= 11 is 0. The third-order valence-corrected chi connectivity index (χ3v) is 6.21. The molecule has 2 heterocycles. The molecule has 6 heteroatoms. The van der Waals surface area contributed by atoms with Gasteiger partial charge in [-0.2, -0.15) is 0 Å². The average molecular weight is 370 g/mol. The molecular formula is C21H30N4O2. The molecule has 1 N–H and O–H groups in total. The number of hydrogen-bond acceptors (Lipinski definition) is 4. The van der Waals surface area contributed by atoms with Gasteiger partial charge < -0.3 is 10.2 Å². The molecule has 0 unspecified atom stereocenters. The van der Waals surface area contributed by atoms with E-state index in [1.165, 1.54) is 29.0 Å². The van der Waals surface area contributed by atoms with Gasteiger partial charge in [0.25, 0.3) is 5.91 Å². The largest absolute Gasteiger partial charge is 0.371 e. The van der Waals surface area contributed by atoms with E-state index in [0.717, 1.165) is 51.7 Å². The summed E-state index contributed by atoms with van der Waals surface area (Å²) in [5, 5.41) is 3.00. The third kappa shape index (κ3) is 3.55. The highest BCUT2D eigenvalue weighted by atomic mass is 16.2. The molecule has 1 aliphatic carbocycles. The number of amides is 3. The van der Waals surface area contributed by atoms with E-state index in [1.54, 1.807) is 0 Å². The van der Waals surface area contributed by atoms with E-state index >= 15 is 0 Å². The Balaban J connectivity index is 1.43. The Kier molecular flexibility index (Phi) is 5.08. The van der Waals surface area contributed by atoms with Gasteiger partial charge in [-0.3, -0.25) is 9.69 Å². The number of rotatable bonds is 5. The molecule has 1 aromatic carbocycles. The second-order valence-electron chi connectivity index (χ2n) is 8.28. The van der Waals surface area contributed by atoms with Crippen molar-refractivity contribution in [2.24, 2.45) is 0 Å². The topological polar surface area (TPSA) is 55.9 Å². The van der Waals surface area contributed by atoms with Gasteiger partial charge in [-0.25, -0.2) is 9.69 Å². The number of nitrogens with zero attached hydrogens (tertiary/aromatic N) is 3. The van der Waals surface area contributed by atoms with Crippen LogP contribution in [0.25, 0.3) is 0 Å². The predicted octanol–water partition coefficient (Wildman–Crippen LogP) is 2.93. The minimum atomic E-state index is -0.635. The normalized spacial score (nSPS) is 22.1. The summed E-state index contributed by atoms with van der Waals surface area (Å²) in [6.07, 6.45) is 7.21. The van der Waals surface area contributed by atoms with E-state index < -0.39 is 5.54 Å². The maximum Gasteiger partial charge on any atom is 0.326 e. The van der Waals surface area contributed by atoms with Gasteiger partial charge in [0.1, 0.15) is 5.54 Å². The summed E-state index contributed by atoms with van der Waals surface area (Å²) in [4.78, 5) is 31.4. The van der Waals surface area contributed by atoms with Crippen LogP contribution in [0.2, 0.25) is 0 Å². The number of imide groups is 1. The SMILES string of the molecule is CN(Cc1ccccc1N1CCCC1)CN1C(=O)NC2(CCCCC2)C1=O. The Labute approximate surface area is 161 Å². The molecule has 0 bridgehead atoms. The lowest BCUT2D eigenvalue weighted by molar-refractivity contribution is -0.133. The first-order valence-corrected chi connectivity index (χ1v) is 10.2. The van der Waals surface area contributed by atoms with Gasteiger partial charge in [0, 0.05) is 25.3 Å². The van der Waals surface area contributed by atoms with Crippen LogP contribution in [-0.4, -0.2) is 54.1 Å². The first-order valence-electron chi connectivity index (χ1n) is 10.2. The highest BCUT2D eigenvalue weighted by Crippen LogP contribution is 2.34. The van der Waals surface area contributed by atoms with Gasteiger partial charge in [0.2, 0.25) is 0 Å². The maximum atomic E-state index is 13.0. The molecule has 3 fully saturated rings. The molecule has 0 radical (unpaired) electrons. The molecule has 2 aliphatic heterocycles. The zero-order valence-electron chi connectivity index (χ0n) is 16.2. The molecule has 2 saturated heterocycles. The zero-order chi connectivity index (χ0) is 18.9. The number of anilines is 1. The van der Waals surface area contributed by atoms with Gasteiger partial charge >= 0.3 is 6.03 Å². The Morgan fingerprint density at radius 1 is 1.04 bits per heavy atom. The van der Waals surface area contributed by atoms with Crippen LogP contribution in [0.1, 0.15) is 50.5 Å². The smallest absolute Gasteiger partial charge is 0.326 e. The van der Waals surface area contributed by atoms with Crippen molar-refractivity contribution in [2.45, 2.75) is 57.0 Å². The van der Waals surface area contributed by atoms with E-state index in [2.05, 4.69) is 39.4 Å². The fourth-order valence-corrected chi connectivity index (χ4v) is 4.79. The molecule has 0 atom stereocenters. The van der Waals surface area contributed by atoms with E-state index in [1.807, 2.05) is 7.05 Å². The summed E-state index contributed by atoms with van der Waals surface area (Å²) in [6.45, 7) is 3.27. The van der Waals surface area contributed by atoms with Crippen LogP contribution >= 0.6 is 0 Å². The highest BCUT2D eigenvalue weighted by Gasteiger charge is 2.51. The van der Waals surface area contributed by atoms with Crippen molar-refractivity contribution in [3.8, 4) is 0 Å². The number of urea groups is 1. The van der Waals surface area contributed by atoms with Crippen molar-refractivity contribution >= 4 is 17.6 Å². The van der Waals surface area contributed by atoms with Gasteiger partial charge in [-0.1, -0.05) is 37.5 Å². The average Bonchev–Trinajstić information content (AvgIpc) is 3.27. The van der Waals surface area contributed by atoms with Crippen molar-refractivity contribution in [1.29, 1.82) is 0 Å². The fraction of sp³-hybridized carbons (Fsp3) is 0.619. The standard InChI is InChI=1S/C21H30N4O2/c1-23(15-17-9-3-4-10-18(17)24-13-7-8-14-24)16-25-19(26)21(22-20(25)27)11-5-2-6-12-21/h3-4,9-10H,2,5-8,11-16H2,1H3,(H,22,27). The molecule has 27 heavy (non-hydrogen) atoms. The van der Waals surface area contributed by atoms with Crippen LogP contribution in [0.5, 0.6) is 0 Å². The first kappa shape index (κ1) is 18.3.